The van der Waals surface area contributed by atoms with Gasteiger partial charge in [-0.05, 0) is 42.5 Å². The summed E-state index contributed by atoms with van der Waals surface area (Å²) in [5, 5.41) is 17.8. The number of aliphatic imine (C=N–C) groups is 1. The van der Waals surface area contributed by atoms with Crippen molar-refractivity contribution < 1.29 is 19.2 Å². The number of amidine groups is 1. The van der Waals surface area contributed by atoms with Crippen molar-refractivity contribution in [1.82, 2.24) is 20.4 Å². The summed E-state index contributed by atoms with van der Waals surface area (Å²) < 4.78 is 5.44. The molecule has 37 heavy (non-hydrogen) atoms. The molecule has 1 fully saturated rings. The Bertz CT molecular complexity index is 1330. The number of likely N-dealkylation sites (tertiary alicyclic amines) is 1. The number of hydrogen-bond acceptors (Lipinski definition) is 7. The zero-order chi connectivity index (χ0) is 26.3. The van der Waals surface area contributed by atoms with Crippen molar-refractivity contribution in [2.45, 2.75) is 57.7 Å². The van der Waals surface area contributed by atoms with E-state index < -0.39 is 23.6 Å². The van der Waals surface area contributed by atoms with Crippen molar-refractivity contribution >= 4 is 17.6 Å². The Labute approximate surface area is 215 Å². The first-order valence-corrected chi connectivity index (χ1v) is 12.5. The standard InChI is InChI=1S/C28H31N5O4/c1-16(2)24(23-12-17(3)32-37-23)26(35)33-15-21(34)13-22(33)25-30-27(36)28(4,31-25)20-9-7-18(8-10-20)19-6-5-11-29-14-19/h5-12,14,16,21-22,24,34H,13,15H2,1-4H3,(H,30,31,36)/t21-,22-,24-,28-/m1/s1. The molecule has 9 nitrogen and oxygen atoms in total. The molecule has 0 spiro atoms. The van der Waals surface area contributed by atoms with E-state index in [1.165, 1.54) is 0 Å². The normalized spacial score (nSPS) is 24.3. The van der Waals surface area contributed by atoms with Gasteiger partial charge in [0.25, 0.3) is 5.91 Å². The third kappa shape index (κ3) is 4.55. The SMILES string of the molecule is Cc1cc([C@H](C(=O)N2C[C@H](O)C[C@@H]2C2=NC(=O)[C@@](C)(c3ccc(-c4cccnc4)cc3)N2)C(C)C)on1. The zero-order valence-corrected chi connectivity index (χ0v) is 21.4. The number of aliphatic hydroxyl groups is 1. The molecule has 9 heteroatoms. The van der Waals surface area contributed by atoms with Crippen molar-refractivity contribution in [2.75, 3.05) is 6.54 Å². The smallest absolute Gasteiger partial charge is 0.277 e. The lowest BCUT2D eigenvalue weighted by Gasteiger charge is -2.31. The maximum absolute atomic E-state index is 13.7. The second-order valence-corrected chi connectivity index (χ2v) is 10.4. The van der Waals surface area contributed by atoms with Crippen molar-refractivity contribution in [2.24, 2.45) is 10.9 Å². The van der Waals surface area contributed by atoms with E-state index in [1.54, 1.807) is 30.3 Å². The van der Waals surface area contributed by atoms with Gasteiger partial charge in [-0.25, -0.2) is 0 Å². The number of aryl methyl sites for hydroxylation is 1. The summed E-state index contributed by atoms with van der Waals surface area (Å²) in [6.07, 6.45) is 3.09. The highest BCUT2D eigenvalue weighted by Crippen LogP contribution is 2.34. The van der Waals surface area contributed by atoms with Gasteiger partial charge in [-0.2, -0.15) is 4.99 Å². The van der Waals surface area contributed by atoms with Crippen LogP contribution in [0, 0.1) is 12.8 Å². The van der Waals surface area contributed by atoms with Crippen LogP contribution in [-0.2, 0) is 15.1 Å². The summed E-state index contributed by atoms with van der Waals surface area (Å²) in [7, 11) is 0. The van der Waals surface area contributed by atoms with Crippen LogP contribution < -0.4 is 5.32 Å². The minimum atomic E-state index is -1.08. The molecule has 4 atom stereocenters. The van der Waals surface area contributed by atoms with Gasteiger partial charge in [0, 0.05) is 31.4 Å². The molecule has 0 bridgehead atoms. The fraction of sp³-hybridized carbons (Fsp3) is 0.393. The third-order valence-electron chi connectivity index (χ3n) is 7.25. The molecule has 2 amide bonds. The van der Waals surface area contributed by atoms with Gasteiger partial charge in [-0.15, -0.1) is 0 Å². The van der Waals surface area contributed by atoms with E-state index in [9.17, 15) is 14.7 Å². The number of β-amino-alcohol motifs (C(OH)–C–C–N with tert-alkyl or cyclic N) is 1. The van der Waals surface area contributed by atoms with Crippen LogP contribution in [0.25, 0.3) is 11.1 Å². The molecule has 0 unspecified atom stereocenters. The van der Waals surface area contributed by atoms with Crippen LogP contribution in [-0.4, -0.2) is 56.5 Å². The predicted octanol–water partition coefficient (Wildman–Crippen LogP) is 3.19. The summed E-state index contributed by atoms with van der Waals surface area (Å²) in [4.78, 5) is 37.1. The van der Waals surface area contributed by atoms with Gasteiger partial charge in [-0.1, -0.05) is 49.3 Å². The molecule has 2 aromatic heterocycles. The lowest BCUT2D eigenvalue weighted by molar-refractivity contribution is -0.134. The van der Waals surface area contributed by atoms with E-state index in [0.717, 1.165) is 16.7 Å². The minimum Gasteiger partial charge on any atom is -0.391 e. The van der Waals surface area contributed by atoms with Crippen LogP contribution in [0.4, 0.5) is 0 Å². The number of nitrogens with one attached hydrogen (secondary N) is 1. The Kier molecular flexibility index (Phi) is 6.41. The van der Waals surface area contributed by atoms with E-state index in [0.29, 0.717) is 23.7 Å². The Hall–Kier alpha value is -3.85. The largest absolute Gasteiger partial charge is 0.391 e. The molecule has 1 aromatic carbocycles. The van der Waals surface area contributed by atoms with E-state index in [4.69, 9.17) is 4.52 Å². The number of carbonyl (C=O) groups is 2. The molecular weight excluding hydrogens is 470 g/mol. The van der Waals surface area contributed by atoms with Crippen LogP contribution in [0.3, 0.4) is 0 Å². The molecule has 0 aliphatic carbocycles. The number of pyridine rings is 1. The van der Waals surface area contributed by atoms with Crippen LogP contribution in [0.5, 0.6) is 0 Å². The van der Waals surface area contributed by atoms with Crippen molar-refractivity contribution in [1.29, 1.82) is 0 Å². The van der Waals surface area contributed by atoms with Crippen LogP contribution >= 0.6 is 0 Å². The van der Waals surface area contributed by atoms with Crippen molar-refractivity contribution in [3.8, 4) is 11.1 Å². The molecule has 3 aromatic rings. The molecule has 0 saturated carbocycles. The molecule has 1 saturated heterocycles. The van der Waals surface area contributed by atoms with Crippen molar-refractivity contribution in [3.63, 3.8) is 0 Å². The van der Waals surface area contributed by atoms with Gasteiger partial charge >= 0.3 is 0 Å². The fourth-order valence-electron chi connectivity index (χ4n) is 5.20. The van der Waals surface area contributed by atoms with Crippen LogP contribution in [0.1, 0.15) is 50.1 Å². The van der Waals surface area contributed by atoms with Crippen LogP contribution in [0.2, 0.25) is 0 Å². The Balaban J connectivity index is 1.39. The predicted molar refractivity (Wildman–Crippen MR) is 138 cm³/mol. The first kappa shape index (κ1) is 24.8. The number of carbonyl (C=O) groups excluding carboxylic acids is 2. The quantitative estimate of drug-likeness (QED) is 0.532. The molecule has 192 valence electrons. The number of benzene rings is 1. The number of amides is 2. The van der Waals surface area contributed by atoms with E-state index in [-0.39, 0.29) is 24.3 Å². The summed E-state index contributed by atoms with van der Waals surface area (Å²) in [6, 6.07) is 12.8. The van der Waals surface area contributed by atoms with Gasteiger partial charge in [0.2, 0.25) is 5.91 Å². The van der Waals surface area contributed by atoms with Gasteiger partial charge in [-0.3, -0.25) is 14.6 Å². The number of rotatable bonds is 6. The Morgan fingerprint density at radius 1 is 1.22 bits per heavy atom. The average molecular weight is 502 g/mol. The van der Waals surface area contributed by atoms with Gasteiger partial charge < -0.3 is 19.8 Å². The lowest BCUT2D eigenvalue weighted by atomic mass is 9.90. The van der Waals surface area contributed by atoms with Crippen LogP contribution in [0.15, 0.2) is 64.4 Å². The minimum absolute atomic E-state index is 0.0538. The summed E-state index contributed by atoms with van der Waals surface area (Å²) in [5.41, 5.74) is 2.36. The topological polar surface area (TPSA) is 121 Å². The summed E-state index contributed by atoms with van der Waals surface area (Å²) >= 11 is 0. The molecule has 0 radical (unpaired) electrons. The number of aliphatic hydroxyl groups excluding tert-OH is 1. The highest BCUT2D eigenvalue weighted by molar-refractivity contribution is 6.09. The number of aromatic nitrogens is 2. The first-order chi connectivity index (χ1) is 17.7. The zero-order valence-electron chi connectivity index (χ0n) is 21.4. The maximum atomic E-state index is 13.7. The first-order valence-electron chi connectivity index (χ1n) is 12.5. The highest BCUT2D eigenvalue weighted by atomic mass is 16.5. The third-order valence-corrected chi connectivity index (χ3v) is 7.25. The fourth-order valence-corrected chi connectivity index (χ4v) is 5.20. The molecule has 2 N–H and O–H groups in total. The average Bonchev–Trinajstić information content (AvgIpc) is 3.57. The summed E-state index contributed by atoms with van der Waals surface area (Å²) in [6.45, 7) is 7.65. The molecule has 5 rings (SSSR count). The molecule has 4 heterocycles. The monoisotopic (exact) mass is 501 g/mol. The maximum Gasteiger partial charge on any atom is 0.277 e. The van der Waals surface area contributed by atoms with Gasteiger partial charge in [0.15, 0.2) is 0 Å². The lowest BCUT2D eigenvalue weighted by Crippen LogP contribution is -2.51. The Morgan fingerprint density at radius 3 is 2.59 bits per heavy atom. The summed E-state index contributed by atoms with van der Waals surface area (Å²) in [5.74, 6) is -0.241. The highest BCUT2D eigenvalue weighted by Gasteiger charge is 2.48. The Morgan fingerprint density at radius 2 is 1.97 bits per heavy atom. The van der Waals surface area contributed by atoms with E-state index in [2.05, 4.69) is 20.4 Å². The molecule has 2 aliphatic rings. The van der Waals surface area contributed by atoms with Gasteiger partial charge in [0.1, 0.15) is 23.1 Å². The van der Waals surface area contributed by atoms with Crippen molar-refractivity contribution in [3.05, 3.63) is 71.9 Å². The number of nitrogens with zero attached hydrogens (tertiary/aromatic N) is 4. The van der Waals surface area contributed by atoms with E-state index >= 15 is 0 Å². The molecule has 2 aliphatic heterocycles. The second kappa shape index (κ2) is 9.55. The molecular formula is C28H31N5O4. The van der Waals surface area contributed by atoms with E-state index in [1.807, 2.05) is 57.2 Å². The van der Waals surface area contributed by atoms with Gasteiger partial charge in [0.05, 0.1) is 17.8 Å². The second-order valence-electron chi connectivity index (χ2n) is 10.4. The number of hydrogen-bond donors (Lipinski definition) is 2.